The van der Waals surface area contributed by atoms with Gasteiger partial charge in [0.05, 0.1) is 0 Å². The van der Waals surface area contributed by atoms with E-state index in [1.807, 2.05) is 6.92 Å². The third-order valence-electron chi connectivity index (χ3n) is 1.34. The van der Waals surface area contributed by atoms with Gasteiger partial charge in [0.1, 0.15) is 22.5 Å². The van der Waals surface area contributed by atoms with Crippen LogP contribution in [0.1, 0.15) is 25.2 Å². The molecular weight excluding hydrogens is 182 g/mol. The molecule has 68 valence electrons. The molecule has 0 atom stereocenters. The highest BCUT2D eigenvalue weighted by molar-refractivity contribution is 7.99. The fourth-order valence-electron chi connectivity index (χ4n) is 0.839. The zero-order valence-electron chi connectivity index (χ0n) is 7.90. The average Bonchev–Trinajstić information content (AvgIpc) is 2.03. The lowest BCUT2D eigenvalue weighted by Gasteiger charge is -2.05. The fraction of sp³-hybridized carbons (Fsp3) is 0.444. The van der Waals surface area contributed by atoms with Crippen molar-refractivity contribution in [3.8, 4) is 6.07 Å². The maximum Gasteiger partial charge on any atom is 0.126 e. The number of hydrogen-bond donors (Lipinski definition) is 0. The molecule has 1 rings (SSSR count). The van der Waals surface area contributed by atoms with Crippen LogP contribution in [0.4, 0.5) is 0 Å². The molecule has 0 aliphatic heterocycles. The number of nitriles is 1. The Morgan fingerprint density at radius 3 is 2.77 bits per heavy atom. The van der Waals surface area contributed by atoms with Gasteiger partial charge in [-0.2, -0.15) is 5.26 Å². The molecular formula is C9H11N3S. The smallest absolute Gasteiger partial charge is 0.126 e. The van der Waals surface area contributed by atoms with Crippen LogP contribution in [0, 0.1) is 18.3 Å². The number of rotatable bonds is 2. The van der Waals surface area contributed by atoms with E-state index in [2.05, 4.69) is 29.9 Å². The average molecular weight is 193 g/mol. The van der Waals surface area contributed by atoms with E-state index in [0.717, 1.165) is 5.03 Å². The van der Waals surface area contributed by atoms with E-state index in [4.69, 9.17) is 5.26 Å². The van der Waals surface area contributed by atoms with Crippen molar-refractivity contribution in [1.82, 2.24) is 9.97 Å². The van der Waals surface area contributed by atoms with Crippen LogP contribution in [0.25, 0.3) is 0 Å². The molecule has 0 saturated carbocycles. The second kappa shape index (κ2) is 4.24. The Labute approximate surface area is 82.2 Å². The minimum absolute atomic E-state index is 0.432. The summed E-state index contributed by atoms with van der Waals surface area (Å²) in [5.41, 5.74) is 0.560. The number of hydrogen-bond acceptors (Lipinski definition) is 4. The molecule has 0 N–H and O–H groups in total. The van der Waals surface area contributed by atoms with Gasteiger partial charge < -0.3 is 0 Å². The molecule has 0 fully saturated rings. The molecule has 3 nitrogen and oxygen atoms in total. The van der Waals surface area contributed by atoms with Crippen molar-refractivity contribution in [2.75, 3.05) is 0 Å². The maximum absolute atomic E-state index is 8.78. The number of aryl methyl sites for hydroxylation is 1. The summed E-state index contributed by atoms with van der Waals surface area (Å²) in [6.45, 7) is 5.97. The van der Waals surface area contributed by atoms with Crippen molar-refractivity contribution in [1.29, 1.82) is 5.26 Å². The van der Waals surface area contributed by atoms with E-state index in [-0.39, 0.29) is 0 Å². The first-order valence-corrected chi connectivity index (χ1v) is 4.92. The third kappa shape index (κ3) is 2.71. The predicted molar refractivity (Wildman–Crippen MR) is 52.5 cm³/mol. The van der Waals surface area contributed by atoms with Gasteiger partial charge >= 0.3 is 0 Å². The second-order valence-corrected chi connectivity index (χ2v) is 4.48. The Bertz CT molecular complexity index is 341. The number of thioether (sulfide) groups is 1. The van der Waals surface area contributed by atoms with Crippen LogP contribution in [0.5, 0.6) is 0 Å². The number of nitrogens with zero attached hydrogens (tertiary/aromatic N) is 3. The largest absolute Gasteiger partial charge is 0.240 e. The van der Waals surface area contributed by atoms with E-state index in [1.54, 1.807) is 18.0 Å². The van der Waals surface area contributed by atoms with Crippen molar-refractivity contribution in [2.24, 2.45) is 0 Å². The van der Waals surface area contributed by atoms with Crippen LogP contribution in [-0.4, -0.2) is 15.2 Å². The van der Waals surface area contributed by atoms with Crippen molar-refractivity contribution in [3.63, 3.8) is 0 Å². The minimum atomic E-state index is 0.432. The standard InChI is InChI=1S/C9H11N3S/c1-6(2)13-9-8(4-10)5-11-7(3)12-9/h5-6H,1-3H3. The molecule has 0 radical (unpaired) electrons. The molecule has 13 heavy (non-hydrogen) atoms. The lowest BCUT2D eigenvalue weighted by molar-refractivity contribution is 0.948. The van der Waals surface area contributed by atoms with Gasteiger partial charge in [0, 0.05) is 11.4 Å². The maximum atomic E-state index is 8.78. The van der Waals surface area contributed by atoms with Gasteiger partial charge in [0.25, 0.3) is 0 Å². The molecule has 1 aromatic rings. The quantitative estimate of drug-likeness (QED) is 0.533. The first-order chi connectivity index (χ1) is 6.13. The fourth-order valence-corrected chi connectivity index (χ4v) is 1.70. The van der Waals surface area contributed by atoms with Crippen molar-refractivity contribution >= 4 is 11.8 Å². The molecule has 0 saturated heterocycles. The third-order valence-corrected chi connectivity index (χ3v) is 2.35. The Morgan fingerprint density at radius 2 is 2.23 bits per heavy atom. The first-order valence-electron chi connectivity index (χ1n) is 4.04. The lowest BCUT2D eigenvalue weighted by Crippen LogP contribution is -1.96. The monoisotopic (exact) mass is 193 g/mol. The van der Waals surface area contributed by atoms with Crippen LogP contribution in [0.15, 0.2) is 11.2 Å². The van der Waals surface area contributed by atoms with Gasteiger partial charge in [-0.25, -0.2) is 9.97 Å². The Kier molecular flexibility index (Phi) is 3.26. The van der Waals surface area contributed by atoms with Crippen molar-refractivity contribution in [2.45, 2.75) is 31.0 Å². The van der Waals surface area contributed by atoms with E-state index in [9.17, 15) is 0 Å². The second-order valence-electron chi connectivity index (χ2n) is 2.91. The SMILES string of the molecule is Cc1ncc(C#N)c(SC(C)C)n1. The van der Waals surface area contributed by atoms with Gasteiger partial charge in [-0.05, 0) is 6.92 Å². The zero-order chi connectivity index (χ0) is 9.84. The van der Waals surface area contributed by atoms with Crippen molar-refractivity contribution in [3.05, 3.63) is 17.6 Å². The van der Waals surface area contributed by atoms with Gasteiger partial charge in [0.15, 0.2) is 0 Å². The Morgan fingerprint density at radius 1 is 1.54 bits per heavy atom. The minimum Gasteiger partial charge on any atom is -0.240 e. The van der Waals surface area contributed by atoms with E-state index >= 15 is 0 Å². The Hall–Kier alpha value is -1.08. The van der Waals surface area contributed by atoms with E-state index in [0.29, 0.717) is 16.6 Å². The predicted octanol–water partition coefficient (Wildman–Crippen LogP) is 2.16. The molecule has 0 aliphatic carbocycles. The van der Waals surface area contributed by atoms with Gasteiger partial charge in [-0.15, -0.1) is 11.8 Å². The summed E-state index contributed by atoms with van der Waals surface area (Å²) in [7, 11) is 0. The first kappa shape index (κ1) is 10.0. The highest BCUT2D eigenvalue weighted by Gasteiger charge is 2.07. The summed E-state index contributed by atoms with van der Waals surface area (Å²) < 4.78 is 0. The zero-order valence-corrected chi connectivity index (χ0v) is 8.72. The van der Waals surface area contributed by atoms with Crippen LogP contribution in [0.2, 0.25) is 0 Å². The molecule has 0 aliphatic rings. The van der Waals surface area contributed by atoms with Crippen LogP contribution < -0.4 is 0 Å². The highest BCUT2D eigenvalue weighted by Crippen LogP contribution is 2.23. The summed E-state index contributed by atoms with van der Waals surface area (Å²) in [5, 5.41) is 9.99. The molecule has 4 heteroatoms. The van der Waals surface area contributed by atoms with E-state index < -0.39 is 0 Å². The Balaban J connectivity index is 3.03. The van der Waals surface area contributed by atoms with Gasteiger partial charge in [0.2, 0.25) is 0 Å². The molecule has 0 unspecified atom stereocenters. The van der Waals surface area contributed by atoms with Gasteiger partial charge in [-0.1, -0.05) is 13.8 Å². The molecule has 1 aromatic heterocycles. The molecule has 0 bridgehead atoms. The lowest BCUT2D eigenvalue weighted by atomic mass is 10.4. The molecule has 0 amide bonds. The number of aromatic nitrogens is 2. The summed E-state index contributed by atoms with van der Waals surface area (Å²) in [4.78, 5) is 8.18. The topological polar surface area (TPSA) is 49.6 Å². The summed E-state index contributed by atoms with van der Waals surface area (Å²) in [6.07, 6.45) is 1.58. The van der Waals surface area contributed by atoms with Crippen LogP contribution in [-0.2, 0) is 0 Å². The summed E-state index contributed by atoms with van der Waals surface area (Å²) in [6, 6.07) is 2.08. The summed E-state index contributed by atoms with van der Waals surface area (Å²) >= 11 is 1.59. The summed E-state index contributed by atoms with van der Waals surface area (Å²) in [5.74, 6) is 0.710. The van der Waals surface area contributed by atoms with E-state index in [1.165, 1.54) is 0 Å². The van der Waals surface area contributed by atoms with Gasteiger partial charge in [-0.3, -0.25) is 0 Å². The van der Waals surface area contributed by atoms with Crippen LogP contribution in [0.3, 0.4) is 0 Å². The highest BCUT2D eigenvalue weighted by atomic mass is 32.2. The molecule has 0 aromatic carbocycles. The molecule has 1 heterocycles. The normalized spacial score (nSPS) is 10.1. The van der Waals surface area contributed by atoms with Crippen LogP contribution >= 0.6 is 11.8 Å². The molecule has 0 spiro atoms. The van der Waals surface area contributed by atoms with Crippen molar-refractivity contribution < 1.29 is 0 Å².